The third-order valence-corrected chi connectivity index (χ3v) is 5.22. The van der Waals surface area contributed by atoms with Crippen molar-refractivity contribution in [3.05, 3.63) is 102 Å². The lowest BCUT2D eigenvalue weighted by Crippen LogP contribution is -1.88. The normalized spacial score (nSPS) is 11.1. The van der Waals surface area contributed by atoms with Crippen LogP contribution < -0.4 is 0 Å². The van der Waals surface area contributed by atoms with Crippen molar-refractivity contribution in [3.8, 4) is 11.1 Å². The van der Waals surface area contributed by atoms with Crippen molar-refractivity contribution >= 4 is 11.9 Å². The number of nitrogens with zero attached hydrogens (tertiary/aromatic N) is 1. The maximum atomic E-state index is 14.7. The van der Waals surface area contributed by atoms with E-state index in [9.17, 15) is 4.39 Å². The van der Waals surface area contributed by atoms with E-state index in [1.165, 1.54) is 30.0 Å². The fraction of sp³-hybridized carbons (Fsp3) is 0.250. The van der Waals surface area contributed by atoms with Crippen molar-refractivity contribution in [3.63, 3.8) is 0 Å². The first-order valence-electron chi connectivity index (χ1n) is 10.8. The summed E-state index contributed by atoms with van der Waals surface area (Å²) < 4.78 is 14.7. The molecule has 0 N–H and O–H groups in total. The number of unbranched alkanes of at least 4 members (excludes halogenated alkanes) is 2. The summed E-state index contributed by atoms with van der Waals surface area (Å²) in [6.45, 7) is 5.92. The van der Waals surface area contributed by atoms with Gasteiger partial charge in [0.15, 0.2) is 0 Å². The highest BCUT2D eigenvalue weighted by Gasteiger charge is 2.06. The molecule has 0 aliphatic carbocycles. The standard InChI is InChI=1S/C28H30FN/c1-3-5-6-7-9-23-10-12-24(13-11-23)21-30-26-18-19-27(28(29)20-26)25-16-14-22(8-4-2)15-17-25/h3,10-21H,1,4-9H2,2H3. The summed E-state index contributed by atoms with van der Waals surface area (Å²) in [6, 6.07) is 21.7. The van der Waals surface area contributed by atoms with Gasteiger partial charge in [0.25, 0.3) is 0 Å². The SMILES string of the molecule is C=CCCCCc1ccc(C=Nc2ccc(-c3ccc(CCC)cc3)c(F)c2)cc1. The molecule has 0 bridgehead atoms. The van der Waals surface area contributed by atoms with E-state index in [0.29, 0.717) is 11.3 Å². The molecule has 0 atom stereocenters. The van der Waals surface area contributed by atoms with Crippen LogP contribution in [0.4, 0.5) is 10.1 Å². The topological polar surface area (TPSA) is 12.4 Å². The van der Waals surface area contributed by atoms with Gasteiger partial charge < -0.3 is 0 Å². The highest BCUT2D eigenvalue weighted by molar-refractivity contribution is 5.82. The number of allylic oxidation sites excluding steroid dienone is 1. The molecular formula is C28H30FN. The number of hydrogen-bond donors (Lipinski definition) is 0. The van der Waals surface area contributed by atoms with E-state index in [0.717, 1.165) is 36.8 Å². The van der Waals surface area contributed by atoms with Crippen LogP contribution in [0.1, 0.15) is 49.3 Å². The van der Waals surface area contributed by atoms with E-state index < -0.39 is 0 Å². The molecule has 0 saturated carbocycles. The van der Waals surface area contributed by atoms with E-state index >= 15 is 0 Å². The monoisotopic (exact) mass is 399 g/mol. The maximum Gasteiger partial charge on any atom is 0.133 e. The van der Waals surface area contributed by atoms with Crippen molar-refractivity contribution in [1.29, 1.82) is 0 Å². The second-order valence-corrected chi connectivity index (χ2v) is 7.65. The van der Waals surface area contributed by atoms with Crippen molar-refractivity contribution < 1.29 is 4.39 Å². The zero-order chi connectivity index (χ0) is 21.2. The Balaban J connectivity index is 1.63. The molecule has 0 aliphatic heterocycles. The molecule has 0 aromatic heterocycles. The fourth-order valence-electron chi connectivity index (χ4n) is 3.50. The quantitative estimate of drug-likeness (QED) is 0.185. The minimum Gasteiger partial charge on any atom is -0.256 e. The Morgan fingerprint density at radius 3 is 2.23 bits per heavy atom. The first kappa shape index (κ1) is 21.7. The second-order valence-electron chi connectivity index (χ2n) is 7.65. The van der Waals surface area contributed by atoms with Gasteiger partial charge in [0.05, 0.1) is 5.69 Å². The zero-order valence-corrected chi connectivity index (χ0v) is 17.8. The summed E-state index contributed by atoms with van der Waals surface area (Å²) in [7, 11) is 0. The molecule has 154 valence electrons. The van der Waals surface area contributed by atoms with Gasteiger partial charge in [-0.15, -0.1) is 6.58 Å². The Kier molecular flexibility index (Phi) is 8.14. The molecule has 30 heavy (non-hydrogen) atoms. The molecule has 3 aromatic rings. The van der Waals surface area contributed by atoms with Crippen molar-refractivity contribution in [2.24, 2.45) is 4.99 Å². The molecule has 3 aromatic carbocycles. The fourth-order valence-corrected chi connectivity index (χ4v) is 3.50. The van der Waals surface area contributed by atoms with Crippen molar-refractivity contribution in [2.45, 2.75) is 45.4 Å². The predicted molar refractivity (Wildman–Crippen MR) is 127 cm³/mol. The van der Waals surface area contributed by atoms with E-state index in [-0.39, 0.29) is 5.82 Å². The highest BCUT2D eigenvalue weighted by Crippen LogP contribution is 2.27. The van der Waals surface area contributed by atoms with E-state index in [1.54, 1.807) is 6.21 Å². The number of halogens is 1. The van der Waals surface area contributed by atoms with Crippen LogP contribution in [0.25, 0.3) is 11.1 Å². The van der Waals surface area contributed by atoms with Crippen LogP contribution in [0.5, 0.6) is 0 Å². The molecule has 0 radical (unpaired) electrons. The van der Waals surface area contributed by atoms with Gasteiger partial charge in [-0.2, -0.15) is 0 Å². The van der Waals surface area contributed by atoms with Crippen LogP contribution in [0.2, 0.25) is 0 Å². The Morgan fingerprint density at radius 1 is 0.867 bits per heavy atom. The van der Waals surface area contributed by atoms with E-state index in [2.05, 4.69) is 54.9 Å². The van der Waals surface area contributed by atoms with Crippen molar-refractivity contribution in [2.75, 3.05) is 0 Å². The molecule has 0 fully saturated rings. The molecule has 1 nitrogen and oxygen atoms in total. The molecule has 2 heteroatoms. The Labute approximate surface area is 180 Å². The van der Waals surface area contributed by atoms with Crippen LogP contribution in [0, 0.1) is 5.82 Å². The summed E-state index contributed by atoms with van der Waals surface area (Å²) in [4.78, 5) is 4.45. The van der Waals surface area contributed by atoms with E-state index in [4.69, 9.17) is 0 Å². The average Bonchev–Trinajstić information content (AvgIpc) is 2.77. The van der Waals surface area contributed by atoms with Gasteiger partial charge in [-0.05, 0) is 66.5 Å². The van der Waals surface area contributed by atoms with E-state index in [1.807, 2.05) is 30.3 Å². The van der Waals surface area contributed by atoms with Gasteiger partial charge in [0.2, 0.25) is 0 Å². The summed E-state index contributed by atoms with van der Waals surface area (Å²) in [6.07, 6.45) is 10.4. The molecule has 0 aliphatic rings. The van der Waals surface area contributed by atoms with Crippen LogP contribution in [0.3, 0.4) is 0 Å². The Bertz CT molecular complexity index is 969. The largest absolute Gasteiger partial charge is 0.256 e. The van der Waals surface area contributed by atoms with Gasteiger partial charge >= 0.3 is 0 Å². The lowest BCUT2D eigenvalue weighted by atomic mass is 10.0. The molecule has 0 heterocycles. The molecule has 0 unspecified atom stereocenters. The minimum atomic E-state index is -0.247. The number of hydrogen-bond acceptors (Lipinski definition) is 1. The third-order valence-electron chi connectivity index (χ3n) is 5.22. The molecule has 0 spiro atoms. The van der Waals surface area contributed by atoms with Crippen LogP contribution in [-0.4, -0.2) is 6.21 Å². The summed E-state index contributed by atoms with van der Waals surface area (Å²) in [5, 5.41) is 0. The maximum absolute atomic E-state index is 14.7. The molecule has 3 rings (SSSR count). The van der Waals surface area contributed by atoms with Crippen LogP contribution in [-0.2, 0) is 12.8 Å². The number of aryl methyl sites for hydroxylation is 2. The first-order valence-corrected chi connectivity index (χ1v) is 10.8. The van der Waals surface area contributed by atoms with Gasteiger partial charge in [-0.1, -0.05) is 68.0 Å². The predicted octanol–water partition coefficient (Wildman–Crippen LogP) is 8.09. The number of benzene rings is 3. The van der Waals surface area contributed by atoms with Gasteiger partial charge in [0, 0.05) is 17.8 Å². The van der Waals surface area contributed by atoms with Crippen molar-refractivity contribution in [1.82, 2.24) is 0 Å². The number of rotatable bonds is 10. The summed E-state index contributed by atoms with van der Waals surface area (Å²) in [5.74, 6) is -0.247. The summed E-state index contributed by atoms with van der Waals surface area (Å²) >= 11 is 0. The molecule has 0 saturated heterocycles. The third kappa shape index (κ3) is 6.25. The lowest BCUT2D eigenvalue weighted by molar-refractivity contribution is 0.631. The van der Waals surface area contributed by atoms with Gasteiger partial charge in [0.1, 0.15) is 5.82 Å². The molecule has 0 amide bonds. The Morgan fingerprint density at radius 2 is 1.57 bits per heavy atom. The zero-order valence-electron chi connectivity index (χ0n) is 17.8. The van der Waals surface area contributed by atoms with Gasteiger partial charge in [-0.3, -0.25) is 4.99 Å². The average molecular weight is 400 g/mol. The lowest BCUT2D eigenvalue weighted by Gasteiger charge is -2.06. The number of aliphatic imine (C=N–C) groups is 1. The Hall–Kier alpha value is -3.00. The first-order chi connectivity index (χ1) is 14.7. The van der Waals surface area contributed by atoms with Crippen LogP contribution in [0.15, 0.2) is 84.4 Å². The van der Waals surface area contributed by atoms with Gasteiger partial charge in [-0.25, -0.2) is 4.39 Å². The molecular weight excluding hydrogens is 369 g/mol. The second kappa shape index (κ2) is 11.3. The smallest absolute Gasteiger partial charge is 0.133 e. The van der Waals surface area contributed by atoms with Crippen LogP contribution >= 0.6 is 0 Å². The summed E-state index contributed by atoms with van der Waals surface area (Å²) in [5.41, 5.74) is 5.75. The minimum absolute atomic E-state index is 0.247. The highest BCUT2D eigenvalue weighted by atomic mass is 19.1.